The molecule has 0 aliphatic carbocycles. The molecule has 0 fully saturated rings. The maximum Gasteiger partial charge on any atom is 0.124 e. The van der Waals surface area contributed by atoms with Crippen molar-refractivity contribution in [3.05, 3.63) is 34.1 Å². The van der Waals surface area contributed by atoms with Gasteiger partial charge in [-0.2, -0.15) is 0 Å². The van der Waals surface area contributed by atoms with Crippen LogP contribution in [0.3, 0.4) is 0 Å². The molecule has 0 amide bonds. The first-order valence-electron chi connectivity index (χ1n) is 6.69. The minimum absolute atomic E-state index is 0.270. The Morgan fingerprint density at radius 1 is 1.32 bits per heavy atom. The van der Waals surface area contributed by atoms with E-state index in [9.17, 15) is 9.50 Å². The molecule has 2 nitrogen and oxygen atoms in total. The first kappa shape index (κ1) is 16.6. The van der Waals surface area contributed by atoms with E-state index in [0.29, 0.717) is 10.9 Å². The van der Waals surface area contributed by atoms with Crippen molar-refractivity contribution in [2.75, 3.05) is 13.1 Å². The summed E-state index contributed by atoms with van der Waals surface area (Å²) in [6.07, 6.45) is -0.00108. The minimum Gasteiger partial charge on any atom is -0.391 e. The Kier molecular flexibility index (Phi) is 5.96. The van der Waals surface area contributed by atoms with Crippen LogP contribution in [0.5, 0.6) is 0 Å². The predicted molar refractivity (Wildman–Crippen MR) is 80.8 cm³/mol. The maximum absolute atomic E-state index is 13.1. The summed E-state index contributed by atoms with van der Waals surface area (Å²) >= 11 is 3.35. The largest absolute Gasteiger partial charge is 0.391 e. The second kappa shape index (κ2) is 6.82. The second-order valence-electron chi connectivity index (χ2n) is 5.28. The SMILES string of the molecule is CCN(CC)C(C)(C)C(O)Cc1ccc(F)cc1Br. The average molecular weight is 332 g/mol. The van der Waals surface area contributed by atoms with E-state index < -0.39 is 6.10 Å². The van der Waals surface area contributed by atoms with Crippen molar-refractivity contribution in [1.29, 1.82) is 0 Å². The average Bonchev–Trinajstić information content (AvgIpc) is 2.33. The summed E-state index contributed by atoms with van der Waals surface area (Å²) < 4.78 is 13.8. The highest BCUT2D eigenvalue weighted by atomic mass is 79.9. The molecule has 0 aromatic heterocycles. The van der Waals surface area contributed by atoms with Crippen LogP contribution in [0.2, 0.25) is 0 Å². The number of hydrogen-bond acceptors (Lipinski definition) is 2. The van der Waals surface area contributed by atoms with Gasteiger partial charge >= 0.3 is 0 Å². The summed E-state index contributed by atoms with van der Waals surface area (Å²) in [6, 6.07) is 4.59. The van der Waals surface area contributed by atoms with Gasteiger partial charge in [-0.25, -0.2) is 4.39 Å². The third-order valence-electron chi connectivity index (χ3n) is 3.82. The zero-order valence-electron chi connectivity index (χ0n) is 12.1. The monoisotopic (exact) mass is 331 g/mol. The van der Waals surface area contributed by atoms with Crippen LogP contribution >= 0.6 is 15.9 Å². The van der Waals surface area contributed by atoms with Gasteiger partial charge in [0.05, 0.1) is 6.10 Å². The van der Waals surface area contributed by atoms with Gasteiger partial charge in [-0.1, -0.05) is 35.8 Å². The van der Waals surface area contributed by atoms with E-state index in [1.165, 1.54) is 12.1 Å². The normalized spacial score (nSPS) is 13.9. The van der Waals surface area contributed by atoms with Crippen LogP contribution < -0.4 is 0 Å². The highest BCUT2D eigenvalue weighted by molar-refractivity contribution is 9.10. The van der Waals surface area contributed by atoms with Crippen LogP contribution in [0.25, 0.3) is 0 Å². The van der Waals surface area contributed by atoms with Gasteiger partial charge in [-0.15, -0.1) is 0 Å². The Morgan fingerprint density at radius 3 is 2.37 bits per heavy atom. The topological polar surface area (TPSA) is 23.5 Å². The Labute approximate surface area is 123 Å². The third-order valence-corrected chi connectivity index (χ3v) is 4.56. The van der Waals surface area contributed by atoms with Gasteiger partial charge in [0, 0.05) is 16.4 Å². The van der Waals surface area contributed by atoms with Crippen molar-refractivity contribution >= 4 is 15.9 Å². The summed E-state index contributed by atoms with van der Waals surface area (Å²) in [4.78, 5) is 2.23. The molecule has 0 aliphatic heterocycles. The zero-order valence-corrected chi connectivity index (χ0v) is 13.7. The Balaban J connectivity index is 2.86. The Bertz CT molecular complexity index is 419. The summed E-state index contributed by atoms with van der Waals surface area (Å²) in [6.45, 7) is 10.1. The van der Waals surface area contributed by atoms with Gasteiger partial charge < -0.3 is 5.11 Å². The number of hydrogen-bond donors (Lipinski definition) is 1. The van der Waals surface area contributed by atoms with Crippen molar-refractivity contribution < 1.29 is 9.50 Å². The predicted octanol–water partition coefficient (Wildman–Crippen LogP) is 3.61. The number of rotatable bonds is 6. The van der Waals surface area contributed by atoms with Crippen molar-refractivity contribution in [3.63, 3.8) is 0 Å². The molecular formula is C15H23BrFNO. The van der Waals surface area contributed by atoms with Crippen molar-refractivity contribution in [1.82, 2.24) is 4.90 Å². The number of halogens is 2. The second-order valence-corrected chi connectivity index (χ2v) is 6.14. The smallest absolute Gasteiger partial charge is 0.124 e. The molecule has 0 heterocycles. The molecular weight excluding hydrogens is 309 g/mol. The number of aliphatic hydroxyl groups is 1. The molecule has 1 N–H and O–H groups in total. The van der Waals surface area contributed by atoms with E-state index in [1.807, 2.05) is 13.8 Å². The van der Waals surface area contributed by atoms with Gasteiger partial charge in [0.15, 0.2) is 0 Å². The first-order valence-corrected chi connectivity index (χ1v) is 7.49. The number of likely N-dealkylation sites (N-methyl/N-ethyl adjacent to an activating group) is 1. The first-order chi connectivity index (χ1) is 8.82. The van der Waals surface area contributed by atoms with Gasteiger partial charge in [-0.3, -0.25) is 4.90 Å². The lowest BCUT2D eigenvalue weighted by molar-refractivity contribution is -0.00424. The highest BCUT2D eigenvalue weighted by Gasteiger charge is 2.32. The summed E-state index contributed by atoms with van der Waals surface area (Å²) in [5.41, 5.74) is 0.617. The molecule has 1 rings (SSSR count). The van der Waals surface area contributed by atoms with Crippen LogP contribution in [0, 0.1) is 5.82 Å². The van der Waals surface area contributed by atoms with Gasteiger partial charge in [0.25, 0.3) is 0 Å². The minimum atomic E-state index is -0.505. The van der Waals surface area contributed by atoms with Crippen LogP contribution in [-0.2, 0) is 6.42 Å². The van der Waals surface area contributed by atoms with Gasteiger partial charge in [0.2, 0.25) is 0 Å². The molecule has 0 saturated heterocycles. The molecule has 0 spiro atoms. The highest BCUT2D eigenvalue weighted by Crippen LogP contribution is 2.25. The van der Waals surface area contributed by atoms with E-state index in [-0.39, 0.29) is 11.4 Å². The Morgan fingerprint density at radius 2 is 1.89 bits per heavy atom. The quantitative estimate of drug-likeness (QED) is 0.860. The molecule has 0 radical (unpaired) electrons. The van der Waals surface area contributed by atoms with Crippen molar-refractivity contribution in [2.45, 2.75) is 45.8 Å². The molecule has 4 heteroatoms. The van der Waals surface area contributed by atoms with Crippen LogP contribution in [0.15, 0.2) is 22.7 Å². The zero-order chi connectivity index (χ0) is 14.6. The van der Waals surface area contributed by atoms with E-state index in [2.05, 4.69) is 34.7 Å². The fourth-order valence-electron chi connectivity index (χ4n) is 2.39. The molecule has 1 aromatic carbocycles. The van der Waals surface area contributed by atoms with Crippen LogP contribution in [0.1, 0.15) is 33.3 Å². The molecule has 1 aromatic rings. The molecule has 108 valence electrons. The summed E-state index contributed by atoms with van der Waals surface area (Å²) in [5.74, 6) is -0.270. The van der Waals surface area contributed by atoms with E-state index in [1.54, 1.807) is 6.07 Å². The fraction of sp³-hybridized carbons (Fsp3) is 0.600. The standard InChI is InChI=1S/C15H23BrFNO/c1-5-18(6-2)15(3,4)14(19)9-11-7-8-12(17)10-13(11)16/h7-8,10,14,19H,5-6,9H2,1-4H3. The van der Waals surface area contributed by atoms with Crippen molar-refractivity contribution in [2.24, 2.45) is 0 Å². The van der Waals surface area contributed by atoms with Gasteiger partial charge in [0.1, 0.15) is 5.82 Å². The maximum atomic E-state index is 13.1. The molecule has 19 heavy (non-hydrogen) atoms. The van der Waals surface area contributed by atoms with E-state index >= 15 is 0 Å². The van der Waals surface area contributed by atoms with Gasteiger partial charge in [-0.05, 0) is 44.6 Å². The number of benzene rings is 1. The van der Waals surface area contributed by atoms with Crippen LogP contribution in [-0.4, -0.2) is 34.7 Å². The lowest BCUT2D eigenvalue weighted by Crippen LogP contribution is -2.53. The number of nitrogens with zero attached hydrogens (tertiary/aromatic N) is 1. The fourth-order valence-corrected chi connectivity index (χ4v) is 2.91. The molecule has 0 saturated carbocycles. The van der Waals surface area contributed by atoms with Crippen molar-refractivity contribution in [3.8, 4) is 0 Å². The summed E-state index contributed by atoms with van der Waals surface area (Å²) in [7, 11) is 0. The third kappa shape index (κ3) is 4.01. The summed E-state index contributed by atoms with van der Waals surface area (Å²) in [5, 5.41) is 10.5. The van der Waals surface area contributed by atoms with E-state index in [0.717, 1.165) is 18.7 Å². The lowest BCUT2D eigenvalue weighted by atomic mass is 9.90. The molecule has 0 aliphatic rings. The molecule has 1 atom stereocenters. The molecule has 1 unspecified atom stereocenters. The number of aliphatic hydroxyl groups excluding tert-OH is 1. The van der Waals surface area contributed by atoms with Crippen LogP contribution in [0.4, 0.5) is 4.39 Å². The molecule has 0 bridgehead atoms. The lowest BCUT2D eigenvalue weighted by Gasteiger charge is -2.41. The van der Waals surface area contributed by atoms with E-state index in [4.69, 9.17) is 0 Å². The Hall–Kier alpha value is -0.450.